The Kier molecular flexibility index (Phi) is 6.31. The van der Waals surface area contributed by atoms with Crippen LogP contribution in [0.15, 0.2) is 103 Å². The molecule has 4 rings (SSSR count). The van der Waals surface area contributed by atoms with Gasteiger partial charge in [0.25, 0.3) is 0 Å². The van der Waals surface area contributed by atoms with E-state index in [2.05, 4.69) is 48.3 Å². The first kappa shape index (κ1) is 21.3. The minimum absolute atomic E-state index is 0.0174. The molecule has 0 amide bonds. The highest BCUT2D eigenvalue weighted by Crippen LogP contribution is 2.45. The van der Waals surface area contributed by atoms with Gasteiger partial charge >= 0.3 is 5.97 Å². The summed E-state index contributed by atoms with van der Waals surface area (Å²) in [6.07, 6.45) is 2.59. The number of hydrogen-bond acceptors (Lipinski definition) is 3. The summed E-state index contributed by atoms with van der Waals surface area (Å²) >= 11 is 0. The topological polar surface area (TPSA) is 59.4 Å². The summed E-state index contributed by atoms with van der Waals surface area (Å²) in [6, 6.07) is 32.0. The third-order valence-corrected chi connectivity index (χ3v) is 5.57. The van der Waals surface area contributed by atoms with Crippen molar-refractivity contribution < 1.29 is 14.6 Å². The lowest BCUT2D eigenvalue weighted by atomic mass is 9.65. The van der Waals surface area contributed by atoms with Crippen molar-refractivity contribution in [1.82, 2.24) is 4.98 Å². The Bertz CT molecular complexity index is 1130. The van der Waals surface area contributed by atoms with Gasteiger partial charge in [-0.1, -0.05) is 85.8 Å². The molecule has 4 aromatic rings. The van der Waals surface area contributed by atoms with Crippen LogP contribution in [0.3, 0.4) is 0 Å². The zero-order chi connectivity index (χ0) is 22.4. The number of carboxylic acids is 1. The van der Waals surface area contributed by atoms with E-state index in [0.717, 1.165) is 34.4 Å². The van der Waals surface area contributed by atoms with Gasteiger partial charge in [0.05, 0.1) is 12.0 Å². The van der Waals surface area contributed by atoms with Crippen LogP contribution in [0.25, 0.3) is 0 Å². The molecule has 4 heteroatoms. The van der Waals surface area contributed by atoms with Crippen LogP contribution in [0, 0.1) is 0 Å². The molecule has 0 saturated heterocycles. The number of nitrogens with zero attached hydrogens (tertiary/aromatic N) is 1. The second kappa shape index (κ2) is 9.48. The maximum absolute atomic E-state index is 11.4. The molecule has 0 fully saturated rings. The van der Waals surface area contributed by atoms with Gasteiger partial charge in [-0.2, -0.15) is 0 Å². The second-order valence-corrected chi connectivity index (χ2v) is 7.60. The predicted molar refractivity (Wildman–Crippen MR) is 125 cm³/mol. The first-order valence-corrected chi connectivity index (χ1v) is 10.7. The van der Waals surface area contributed by atoms with Gasteiger partial charge in [-0.25, -0.2) is 9.78 Å². The predicted octanol–water partition coefficient (Wildman–Crippen LogP) is 5.95. The van der Waals surface area contributed by atoms with Crippen molar-refractivity contribution in [3.8, 4) is 5.75 Å². The van der Waals surface area contributed by atoms with Crippen LogP contribution in [0.5, 0.6) is 5.75 Å². The van der Waals surface area contributed by atoms with Crippen molar-refractivity contribution in [2.24, 2.45) is 0 Å². The first-order chi connectivity index (χ1) is 15.7. The minimum atomic E-state index is -1.04. The molecule has 3 aromatic carbocycles. The van der Waals surface area contributed by atoms with E-state index in [0.29, 0.717) is 6.61 Å². The van der Waals surface area contributed by atoms with Crippen LogP contribution in [-0.4, -0.2) is 22.7 Å². The molecule has 0 aliphatic carbocycles. The highest BCUT2D eigenvalue weighted by molar-refractivity contribution is 5.85. The van der Waals surface area contributed by atoms with Crippen molar-refractivity contribution >= 4 is 5.97 Å². The van der Waals surface area contributed by atoms with Gasteiger partial charge in [0.15, 0.2) is 0 Å². The van der Waals surface area contributed by atoms with Gasteiger partial charge in [0, 0.05) is 6.20 Å². The van der Waals surface area contributed by atoms with Gasteiger partial charge in [0.2, 0.25) is 0 Å². The quantitative estimate of drug-likeness (QED) is 0.356. The minimum Gasteiger partial charge on any atom is -0.494 e. The summed E-state index contributed by atoms with van der Waals surface area (Å²) in [5.74, 6) is -0.243. The number of rotatable bonds is 8. The lowest BCUT2D eigenvalue weighted by Gasteiger charge is -2.36. The Morgan fingerprint density at radius 1 is 0.812 bits per heavy atom. The molecule has 0 spiro atoms. The average Bonchev–Trinajstić information content (AvgIpc) is 2.85. The highest BCUT2D eigenvalue weighted by atomic mass is 16.5. The van der Waals surface area contributed by atoms with Crippen molar-refractivity contribution in [2.45, 2.75) is 18.8 Å². The smallest absolute Gasteiger partial charge is 0.354 e. The Labute approximate surface area is 188 Å². The summed E-state index contributed by atoms with van der Waals surface area (Å²) in [5.41, 5.74) is 3.34. The third-order valence-electron chi connectivity index (χ3n) is 5.57. The van der Waals surface area contributed by atoms with Gasteiger partial charge in [-0.3, -0.25) is 0 Å². The molecule has 1 heterocycles. The Hall–Kier alpha value is -3.92. The number of aromatic nitrogens is 1. The SMILES string of the molecule is CCCOc1cccc(C(c2ccccc2)(c2ccccc2)c2ccc(C(=O)O)nc2)c1. The first-order valence-electron chi connectivity index (χ1n) is 10.7. The molecule has 4 nitrogen and oxygen atoms in total. The van der Waals surface area contributed by atoms with E-state index in [-0.39, 0.29) is 5.69 Å². The highest BCUT2D eigenvalue weighted by Gasteiger charge is 2.39. The van der Waals surface area contributed by atoms with Gasteiger partial charge in [0.1, 0.15) is 11.4 Å². The molecular formula is C28H25NO3. The van der Waals surface area contributed by atoms with E-state index in [1.807, 2.05) is 54.6 Å². The molecule has 0 unspecified atom stereocenters. The van der Waals surface area contributed by atoms with E-state index in [1.165, 1.54) is 0 Å². The molecule has 0 aliphatic rings. The van der Waals surface area contributed by atoms with E-state index >= 15 is 0 Å². The number of carbonyl (C=O) groups is 1. The molecular weight excluding hydrogens is 398 g/mol. The molecule has 0 atom stereocenters. The number of pyridine rings is 1. The maximum Gasteiger partial charge on any atom is 0.354 e. The molecule has 160 valence electrons. The third kappa shape index (κ3) is 4.00. The largest absolute Gasteiger partial charge is 0.494 e. The lowest BCUT2D eigenvalue weighted by Crippen LogP contribution is -2.31. The van der Waals surface area contributed by atoms with E-state index in [4.69, 9.17) is 4.74 Å². The van der Waals surface area contributed by atoms with Crippen LogP contribution in [0.4, 0.5) is 0 Å². The Balaban J connectivity index is 2.03. The molecule has 0 aliphatic heterocycles. The molecule has 0 bridgehead atoms. The summed E-state index contributed by atoms with van der Waals surface area (Å²) < 4.78 is 5.96. The number of aromatic carboxylic acids is 1. The summed E-state index contributed by atoms with van der Waals surface area (Å²) in [6.45, 7) is 2.72. The van der Waals surface area contributed by atoms with Crippen LogP contribution in [0.2, 0.25) is 0 Å². The van der Waals surface area contributed by atoms with Gasteiger partial charge in [-0.15, -0.1) is 0 Å². The summed E-state index contributed by atoms with van der Waals surface area (Å²) in [4.78, 5) is 15.7. The van der Waals surface area contributed by atoms with Crippen molar-refractivity contribution in [3.05, 3.63) is 131 Å². The molecule has 0 saturated carbocycles. The van der Waals surface area contributed by atoms with Gasteiger partial charge in [-0.05, 0) is 46.9 Å². The molecule has 0 radical (unpaired) electrons. The number of ether oxygens (including phenoxy) is 1. The van der Waals surface area contributed by atoms with Gasteiger partial charge < -0.3 is 9.84 Å². The zero-order valence-corrected chi connectivity index (χ0v) is 17.9. The standard InChI is InChI=1S/C28H25NO3/c1-2-18-32-25-15-9-14-23(19-25)28(21-10-5-3-6-11-21,22-12-7-4-8-13-22)24-16-17-26(27(30)31)29-20-24/h3-17,19-20H,2,18H2,1H3,(H,30,31). The number of hydrogen-bond donors (Lipinski definition) is 1. The zero-order valence-electron chi connectivity index (χ0n) is 17.9. The summed E-state index contributed by atoms with van der Waals surface area (Å²) in [5, 5.41) is 9.37. The fourth-order valence-electron chi connectivity index (χ4n) is 4.16. The fraction of sp³-hybridized carbons (Fsp3) is 0.143. The van der Waals surface area contributed by atoms with E-state index in [1.54, 1.807) is 12.3 Å². The lowest BCUT2D eigenvalue weighted by molar-refractivity contribution is 0.0690. The van der Waals surface area contributed by atoms with Crippen LogP contribution in [-0.2, 0) is 5.41 Å². The van der Waals surface area contributed by atoms with Crippen molar-refractivity contribution in [2.75, 3.05) is 6.61 Å². The molecule has 1 aromatic heterocycles. The average molecular weight is 424 g/mol. The monoisotopic (exact) mass is 423 g/mol. The molecule has 32 heavy (non-hydrogen) atoms. The maximum atomic E-state index is 11.4. The summed E-state index contributed by atoms with van der Waals surface area (Å²) in [7, 11) is 0. The van der Waals surface area contributed by atoms with E-state index in [9.17, 15) is 9.90 Å². The van der Waals surface area contributed by atoms with Crippen LogP contribution < -0.4 is 4.74 Å². The van der Waals surface area contributed by atoms with Crippen LogP contribution >= 0.6 is 0 Å². The van der Waals surface area contributed by atoms with Crippen LogP contribution in [0.1, 0.15) is 46.1 Å². The number of carboxylic acid groups (broad SMARTS) is 1. The second-order valence-electron chi connectivity index (χ2n) is 7.60. The van der Waals surface area contributed by atoms with Crippen molar-refractivity contribution in [3.63, 3.8) is 0 Å². The Morgan fingerprint density at radius 3 is 1.97 bits per heavy atom. The fourth-order valence-corrected chi connectivity index (χ4v) is 4.16. The number of benzene rings is 3. The Morgan fingerprint density at radius 2 is 1.44 bits per heavy atom. The van der Waals surface area contributed by atoms with Crippen molar-refractivity contribution in [1.29, 1.82) is 0 Å². The van der Waals surface area contributed by atoms with E-state index < -0.39 is 11.4 Å². The molecule has 1 N–H and O–H groups in total. The normalized spacial score (nSPS) is 11.2.